The lowest BCUT2D eigenvalue weighted by atomic mass is 10.1. The zero-order valence-electron chi connectivity index (χ0n) is 10.2. The molecule has 1 aromatic rings. The molecule has 0 aliphatic rings. The molecule has 0 aromatic heterocycles. The molecule has 1 aromatic carbocycles. The topological polar surface area (TPSA) is 47.6 Å². The van der Waals surface area contributed by atoms with Crippen molar-refractivity contribution < 1.29 is 14.3 Å². The summed E-state index contributed by atoms with van der Waals surface area (Å²) in [6, 6.07) is 3.58. The van der Waals surface area contributed by atoms with Gasteiger partial charge in [-0.2, -0.15) is 0 Å². The molecule has 0 atom stereocenters. The van der Waals surface area contributed by atoms with Crippen LogP contribution in [0, 0.1) is 6.92 Å². The molecule has 0 bridgehead atoms. The molecule has 1 rings (SSSR count). The lowest BCUT2D eigenvalue weighted by molar-refractivity contribution is -0.143. The van der Waals surface area contributed by atoms with Gasteiger partial charge < -0.3 is 14.8 Å². The lowest BCUT2D eigenvalue weighted by Crippen LogP contribution is -2.20. The summed E-state index contributed by atoms with van der Waals surface area (Å²) in [7, 11) is 3.26. The van der Waals surface area contributed by atoms with Gasteiger partial charge in [-0.25, -0.2) is 0 Å². The number of methoxy groups -OCH3 is 1. The van der Waals surface area contributed by atoms with E-state index in [4.69, 9.17) is 21.1 Å². The van der Waals surface area contributed by atoms with E-state index in [1.54, 1.807) is 20.2 Å². The second-order valence-electron chi connectivity index (χ2n) is 3.60. The van der Waals surface area contributed by atoms with Crippen LogP contribution in [0.2, 0.25) is 5.02 Å². The Morgan fingerprint density at radius 1 is 1.47 bits per heavy atom. The zero-order chi connectivity index (χ0) is 12.8. The molecule has 0 unspecified atom stereocenters. The minimum Gasteiger partial charge on any atom is -0.496 e. The first kappa shape index (κ1) is 13.8. The number of esters is 1. The lowest BCUT2D eigenvalue weighted by Gasteiger charge is -2.11. The minimum absolute atomic E-state index is 0.156. The molecule has 0 aliphatic carbocycles. The second-order valence-corrected chi connectivity index (χ2v) is 4.01. The Kier molecular flexibility index (Phi) is 5.25. The van der Waals surface area contributed by atoms with Crippen molar-refractivity contribution in [3.05, 3.63) is 28.3 Å². The number of hydrogen-bond acceptors (Lipinski definition) is 4. The average Bonchev–Trinajstić information content (AvgIpc) is 2.30. The first-order chi connectivity index (χ1) is 8.08. The molecule has 0 fully saturated rings. The molecule has 4 nitrogen and oxygen atoms in total. The first-order valence-corrected chi connectivity index (χ1v) is 5.59. The molecule has 0 amide bonds. The third-order valence-electron chi connectivity index (χ3n) is 2.27. The maximum atomic E-state index is 11.2. The quantitative estimate of drug-likeness (QED) is 0.819. The van der Waals surface area contributed by atoms with Gasteiger partial charge >= 0.3 is 5.97 Å². The summed E-state index contributed by atoms with van der Waals surface area (Å²) in [6.45, 7) is 2.23. The van der Waals surface area contributed by atoms with E-state index in [1.807, 2.05) is 13.0 Å². The summed E-state index contributed by atoms with van der Waals surface area (Å²) in [5.41, 5.74) is 1.68. The van der Waals surface area contributed by atoms with Crippen LogP contribution in [-0.4, -0.2) is 26.7 Å². The van der Waals surface area contributed by atoms with E-state index >= 15 is 0 Å². The van der Waals surface area contributed by atoms with E-state index in [2.05, 4.69) is 5.32 Å². The van der Waals surface area contributed by atoms with Gasteiger partial charge in [0.2, 0.25) is 0 Å². The summed E-state index contributed by atoms with van der Waals surface area (Å²) in [4.78, 5) is 11.2. The monoisotopic (exact) mass is 257 g/mol. The van der Waals surface area contributed by atoms with Gasteiger partial charge in [0.15, 0.2) is 0 Å². The van der Waals surface area contributed by atoms with E-state index < -0.39 is 0 Å². The highest BCUT2D eigenvalue weighted by Gasteiger charge is 2.09. The van der Waals surface area contributed by atoms with Crippen molar-refractivity contribution in [3.8, 4) is 5.75 Å². The fourth-order valence-electron chi connectivity index (χ4n) is 1.35. The van der Waals surface area contributed by atoms with Crippen LogP contribution in [0.4, 0.5) is 0 Å². The SMILES string of the molecule is CNCC(=O)OCc1cc(Cl)c(C)cc1OC. The maximum Gasteiger partial charge on any atom is 0.320 e. The van der Waals surface area contributed by atoms with Gasteiger partial charge in [0.25, 0.3) is 0 Å². The Labute approximate surface area is 106 Å². The van der Waals surface area contributed by atoms with Crippen molar-refractivity contribution in [1.82, 2.24) is 5.32 Å². The van der Waals surface area contributed by atoms with Crippen LogP contribution in [0.15, 0.2) is 12.1 Å². The van der Waals surface area contributed by atoms with E-state index in [-0.39, 0.29) is 19.1 Å². The van der Waals surface area contributed by atoms with Crippen molar-refractivity contribution in [3.63, 3.8) is 0 Å². The van der Waals surface area contributed by atoms with Crippen LogP contribution in [0.1, 0.15) is 11.1 Å². The molecule has 0 spiro atoms. The Balaban J connectivity index is 2.76. The fraction of sp³-hybridized carbons (Fsp3) is 0.417. The molecule has 17 heavy (non-hydrogen) atoms. The number of halogens is 1. The van der Waals surface area contributed by atoms with Crippen molar-refractivity contribution in [2.24, 2.45) is 0 Å². The van der Waals surface area contributed by atoms with Gasteiger partial charge in [-0.05, 0) is 31.7 Å². The number of carbonyl (C=O) groups is 1. The zero-order valence-corrected chi connectivity index (χ0v) is 10.9. The van der Waals surface area contributed by atoms with Crippen LogP contribution < -0.4 is 10.1 Å². The number of ether oxygens (including phenoxy) is 2. The minimum atomic E-state index is -0.314. The van der Waals surface area contributed by atoms with E-state index in [1.165, 1.54) is 0 Å². The number of rotatable bonds is 5. The molecule has 5 heteroatoms. The van der Waals surface area contributed by atoms with Crippen molar-refractivity contribution in [2.45, 2.75) is 13.5 Å². The van der Waals surface area contributed by atoms with Crippen molar-refractivity contribution >= 4 is 17.6 Å². The highest BCUT2D eigenvalue weighted by atomic mass is 35.5. The van der Waals surface area contributed by atoms with Crippen LogP contribution in [0.3, 0.4) is 0 Å². The predicted octanol–water partition coefficient (Wildman–Crippen LogP) is 1.92. The van der Waals surface area contributed by atoms with Crippen molar-refractivity contribution in [1.29, 1.82) is 0 Å². The average molecular weight is 258 g/mol. The molecule has 0 aliphatic heterocycles. The van der Waals surface area contributed by atoms with Crippen LogP contribution in [0.5, 0.6) is 5.75 Å². The van der Waals surface area contributed by atoms with Crippen LogP contribution in [0.25, 0.3) is 0 Å². The first-order valence-electron chi connectivity index (χ1n) is 5.21. The summed E-state index contributed by atoms with van der Waals surface area (Å²) in [6.07, 6.45) is 0. The Bertz CT molecular complexity index is 407. The molecule has 0 radical (unpaired) electrons. The van der Waals surface area contributed by atoms with Gasteiger partial charge in [-0.1, -0.05) is 11.6 Å². The third kappa shape index (κ3) is 3.91. The van der Waals surface area contributed by atoms with E-state index in [9.17, 15) is 4.79 Å². The molecular formula is C12H16ClNO3. The second kappa shape index (κ2) is 6.47. The van der Waals surface area contributed by atoms with Gasteiger partial charge in [-0.3, -0.25) is 4.79 Å². The standard InChI is InChI=1S/C12H16ClNO3/c1-8-4-11(16-3)9(5-10(8)13)7-17-12(15)6-14-2/h4-5,14H,6-7H2,1-3H3. The Hall–Kier alpha value is -1.26. The van der Waals surface area contributed by atoms with E-state index in [0.29, 0.717) is 10.8 Å². The highest BCUT2D eigenvalue weighted by Crippen LogP contribution is 2.27. The fourth-order valence-corrected chi connectivity index (χ4v) is 1.54. The maximum absolute atomic E-state index is 11.2. The smallest absolute Gasteiger partial charge is 0.320 e. The summed E-state index contributed by atoms with van der Waals surface area (Å²) >= 11 is 6.01. The number of hydrogen-bond donors (Lipinski definition) is 1. The summed E-state index contributed by atoms with van der Waals surface area (Å²) in [5.74, 6) is 0.357. The van der Waals surface area contributed by atoms with Gasteiger partial charge in [0.05, 0.1) is 13.7 Å². The highest BCUT2D eigenvalue weighted by molar-refractivity contribution is 6.31. The number of aryl methyl sites for hydroxylation is 1. The molecule has 0 heterocycles. The summed E-state index contributed by atoms with van der Waals surface area (Å²) < 4.78 is 10.3. The van der Waals surface area contributed by atoms with Crippen molar-refractivity contribution in [2.75, 3.05) is 20.7 Å². The van der Waals surface area contributed by atoms with Crippen LogP contribution in [-0.2, 0) is 16.1 Å². The molecule has 0 saturated heterocycles. The number of carbonyl (C=O) groups excluding carboxylic acids is 1. The number of benzene rings is 1. The third-order valence-corrected chi connectivity index (χ3v) is 2.68. The molecule has 0 saturated carbocycles. The normalized spacial score (nSPS) is 10.1. The largest absolute Gasteiger partial charge is 0.496 e. The van der Waals surface area contributed by atoms with E-state index in [0.717, 1.165) is 11.1 Å². The van der Waals surface area contributed by atoms with Crippen LogP contribution >= 0.6 is 11.6 Å². The Morgan fingerprint density at radius 2 is 2.18 bits per heavy atom. The van der Waals surface area contributed by atoms with Gasteiger partial charge in [0.1, 0.15) is 12.4 Å². The number of likely N-dealkylation sites (N-methyl/N-ethyl adjacent to an activating group) is 1. The Morgan fingerprint density at radius 3 is 2.76 bits per heavy atom. The predicted molar refractivity (Wildman–Crippen MR) is 66.5 cm³/mol. The molecular weight excluding hydrogens is 242 g/mol. The molecule has 94 valence electrons. The number of nitrogens with one attached hydrogen (secondary N) is 1. The summed E-state index contributed by atoms with van der Waals surface area (Å²) in [5, 5.41) is 3.35. The molecule has 1 N–H and O–H groups in total. The van der Waals surface area contributed by atoms with Gasteiger partial charge in [-0.15, -0.1) is 0 Å². The van der Waals surface area contributed by atoms with Gasteiger partial charge in [0, 0.05) is 10.6 Å².